The first kappa shape index (κ1) is 12.2. The molecule has 1 aliphatic rings. The number of hydrogen-bond acceptors (Lipinski definition) is 6. The minimum atomic E-state index is -1.76. The van der Waals surface area contributed by atoms with Gasteiger partial charge in [-0.3, -0.25) is 4.79 Å². The number of nitrogens with one attached hydrogen (secondary N) is 1. The smallest absolute Gasteiger partial charge is 0.261 e. The normalized spacial score (nSPS) is 31.1. The van der Waals surface area contributed by atoms with Gasteiger partial charge in [0.15, 0.2) is 18.0 Å². The van der Waals surface area contributed by atoms with Gasteiger partial charge in [-0.25, -0.2) is 14.1 Å². The van der Waals surface area contributed by atoms with Crippen LogP contribution in [0.1, 0.15) is 6.23 Å². The molecule has 0 aliphatic carbocycles. The lowest BCUT2D eigenvalue weighted by Crippen LogP contribution is -2.30. The van der Waals surface area contributed by atoms with Crippen molar-refractivity contribution in [1.82, 2.24) is 19.7 Å². The number of hydrogen-bond donors (Lipinski definition) is 3. The van der Waals surface area contributed by atoms with E-state index in [2.05, 4.69) is 15.1 Å². The van der Waals surface area contributed by atoms with Crippen LogP contribution in [0.3, 0.4) is 0 Å². The molecular formula is C10H11FN4O4. The molecule has 0 radical (unpaired) electrons. The lowest BCUT2D eigenvalue weighted by Gasteiger charge is -2.13. The molecule has 1 saturated heterocycles. The molecule has 3 heterocycles. The van der Waals surface area contributed by atoms with E-state index in [9.17, 15) is 14.3 Å². The number of H-pyrrole nitrogens is 1. The van der Waals surface area contributed by atoms with Gasteiger partial charge in [-0.15, -0.1) is 0 Å². The first-order valence-electron chi connectivity index (χ1n) is 5.63. The summed E-state index contributed by atoms with van der Waals surface area (Å²) in [6.45, 7) is -0.509. The molecule has 2 aromatic heterocycles. The fourth-order valence-electron chi connectivity index (χ4n) is 2.11. The molecule has 0 aromatic carbocycles. The van der Waals surface area contributed by atoms with Crippen LogP contribution in [0.25, 0.3) is 11.0 Å². The summed E-state index contributed by atoms with van der Waals surface area (Å²) >= 11 is 0. The average molecular weight is 270 g/mol. The van der Waals surface area contributed by atoms with Gasteiger partial charge >= 0.3 is 0 Å². The highest BCUT2D eigenvalue weighted by Crippen LogP contribution is 2.32. The summed E-state index contributed by atoms with van der Waals surface area (Å²) in [6, 6.07) is 0. The Morgan fingerprint density at radius 2 is 2.37 bits per heavy atom. The Labute approximate surface area is 105 Å². The quantitative estimate of drug-likeness (QED) is 0.625. The molecule has 0 saturated carbocycles. The van der Waals surface area contributed by atoms with E-state index >= 15 is 0 Å². The predicted octanol–water partition coefficient (Wildman–Crippen LogP) is -1.29. The third-order valence-electron chi connectivity index (χ3n) is 3.11. The Kier molecular flexibility index (Phi) is 2.81. The van der Waals surface area contributed by atoms with Crippen LogP contribution in [0, 0.1) is 0 Å². The van der Waals surface area contributed by atoms with Crippen LogP contribution in [-0.4, -0.2) is 54.9 Å². The Morgan fingerprint density at radius 1 is 1.58 bits per heavy atom. The van der Waals surface area contributed by atoms with Gasteiger partial charge in [0.05, 0.1) is 19.1 Å². The molecule has 9 heteroatoms. The van der Waals surface area contributed by atoms with E-state index < -0.39 is 36.8 Å². The van der Waals surface area contributed by atoms with E-state index in [0.717, 1.165) is 4.68 Å². The minimum Gasteiger partial charge on any atom is -0.394 e. The number of fused-ring (bicyclic) bond motifs is 1. The lowest BCUT2D eigenvalue weighted by molar-refractivity contribution is -0.0505. The molecule has 4 atom stereocenters. The molecule has 0 bridgehead atoms. The maximum absolute atomic E-state index is 13.9. The molecule has 1 fully saturated rings. The molecule has 1 aliphatic heterocycles. The van der Waals surface area contributed by atoms with Crippen LogP contribution in [-0.2, 0) is 4.74 Å². The standard InChI is InChI=1S/C10H11FN4O4/c11-6-7(17)5(2-16)19-10(6)15-8-4(1-14-15)9(18)13-3-12-8/h1,3,5-7,10,16-17H,2H2,(H,12,13,18)/t5-,6+,7-,10-/m1/s1. The van der Waals surface area contributed by atoms with E-state index in [4.69, 9.17) is 9.84 Å². The van der Waals surface area contributed by atoms with Crippen molar-refractivity contribution in [2.75, 3.05) is 6.61 Å². The number of aromatic amines is 1. The number of nitrogens with zero attached hydrogens (tertiary/aromatic N) is 3. The van der Waals surface area contributed by atoms with E-state index in [0.29, 0.717) is 0 Å². The zero-order valence-electron chi connectivity index (χ0n) is 9.60. The second-order valence-corrected chi connectivity index (χ2v) is 4.24. The van der Waals surface area contributed by atoms with Crippen LogP contribution in [0.2, 0.25) is 0 Å². The van der Waals surface area contributed by atoms with E-state index in [1.807, 2.05) is 0 Å². The number of aliphatic hydroxyl groups is 2. The largest absolute Gasteiger partial charge is 0.394 e. The van der Waals surface area contributed by atoms with E-state index in [1.54, 1.807) is 0 Å². The summed E-state index contributed by atoms with van der Waals surface area (Å²) in [5.41, 5.74) is -0.244. The Hall–Kier alpha value is -1.84. The first-order chi connectivity index (χ1) is 9.13. The number of aliphatic hydroxyl groups excluding tert-OH is 2. The molecule has 0 unspecified atom stereocenters. The van der Waals surface area contributed by atoms with Crippen molar-refractivity contribution >= 4 is 11.0 Å². The molecule has 0 spiro atoms. The van der Waals surface area contributed by atoms with Gasteiger partial charge in [-0.2, -0.15) is 5.10 Å². The van der Waals surface area contributed by atoms with Crippen LogP contribution < -0.4 is 5.56 Å². The van der Waals surface area contributed by atoms with Gasteiger partial charge in [-0.1, -0.05) is 0 Å². The highest BCUT2D eigenvalue weighted by atomic mass is 19.1. The molecular weight excluding hydrogens is 259 g/mol. The number of ether oxygens (including phenoxy) is 1. The summed E-state index contributed by atoms with van der Waals surface area (Å²) in [6.07, 6.45) is -3.04. The first-order valence-corrected chi connectivity index (χ1v) is 5.63. The third kappa shape index (κ3) is 1.74. The summed E-state index contributed by atoms with van der Waals surface area (Å²) in [5.74, 6) is 0. The van der Waals surface area contributed by atoms with E-state index in [1.165, 1.54) is 12.5 Å². The number of aromatic nitrogens is 4. The second-order valence-electron chi connectivity index (χ2n) is 4.24. The zero-order valence-corrected chi connectivity index (χ0v) is 9.60. The molecule has 2 aromatic rings. The van der Waals surface area contributed by atoms with Crippen molar-refractivity contribution in [1.29, 1.82) is 0 Å². The highest BCUT2D eigenvalue weighted by molar-refractivity contribution is 5.72. The monoisotopic (exact) mass is 270 g/mol. The van der Waals surface area contributed by atoms with Gasteiger partial charge in [0.2, 0.25) is 0 Å². The van der Waals surface area contributed by atoms with Gasteiger partial charge in [0.25, 0.3) is 5.56 Å². The van der Waals surface area contributed by atoms with Crippen molar-refractivity contribution in [3.8, 4) is 0 Å². The zero-order chi connectivity index (χ0) is 13.6. The van der Waals surface area contributed by atoms with Crippen LogP contribution in [0.15, 0.2) is 17.3 Å². The molecule has 3 rings (SSSR count). The van der Waals surface area contributed by atoms with E-state index in [-0.39, 0.29) is 11.0 Å². The summed E-state index contributed by atoms with van der Waals surface area (Å²) < 4.78 is 20.2. The van der Waals surface area contributed by atoms with Gasteiger partial charge in [0, 0.05) is 0 Å². The summed E-state index contributed by atoms with van der Waals surface area (Å²) in [4.78, 5) is 17.8. The van der Waals surface area contributed by atoms with Crippen molar-refractivity contribution in [3.05, 3.63) is 22.9 Å². The minimum absolute atomic E-state index is 0.155. The fourth-order valence-corrected chi connectivity index (χ4v) is 2.11. The average Bonchev–Trinajstić information content (AvgIpc) is 2.94. The van der Waals surface area contributed by atoms with Crippen LogP contribution in [0.5, 0.6) is 0 Å². The maximum Gasteiger partial charge on any atom is 0.261 e. The SMILES string of the molecule is O=c1[nH]cnc2c1cnn2[C@@H]1O[C@H](CO)[C@@H](O)[C@@H]1F. The van der Waals surface area contributed by atoms with Crippen LogP contribution in [0.4, 0.5) is 4.39 Å². The van der Waals surface area contributed by atoms with Crippen molar-refractivity contribution < 1.29 is 19.3 Å². The third-order valence-corrected chi connectivity index (χ3v) is 3.11. The lowest BCUT2D eigenvalue weighted by atomic mass is 10.1. The molecule has 19 heavy (non-hydrogen) atoms. The molecule has 3 N–H and O–H groups in total. The molecule has 0 amide bonds. The highest BCUT2D eigenvalue weighted by Gasteiger charge is 2.45. The fraction of sp³-hybridized carbons (Fsp3) is 0.500. The van der Waals surface area contributed by atoms with Crippen molar-refractivity contribution in [3.63, 3.8) is 0 Å². The Bertz CT molecular complexity index is 656. The maximum atomic E-state index is 13.9. The summed E-state index contributed by atoms with van der Waals surface area (Å²) in [5, 5.41) is 22.6. The number of halogens is 1. The van der Waals surface area contributed by atoms with Crippen molar-refractivity contribution in [2.24, 2.45) is 0 Å². The van der Waals surface area contributed by atoms with Crippen LogP contribution >= 0.6 is 0 Å². The predicted molar refractivity (Wildman–Crippen MR) is 60.0 cm³/mol. The topological polar surface area (TPSA) is 113 Å². The summed E-state index contributed by atoms with van der Waals surface area (Å²) in [7, 11) is 0. The van der Waals surface area contributed by atoms with Gasteiger partial charge in [-0.05, 0) is 0 Å². The van der Waals surface area contributed by atoms with Gasteiger partial charge < -0.3 is 19.9 Å². The second kappa shape index (κ2) is 4.37. The number of rotatable bonds is 2. The Morgan fingerprint density at radius 3 is 3.05 bits per heavy atom. The van der Waals surface area contributed by atoms with Gasteiger partial charge in [0.1, 0.15) is 17.6 Å². The number of alkyl halides is 1. The molecule has 8 nitrogen and oxygen atoms in total. The van der Waals surface area contributed by atoms with Crippen molar-refractivity contribution in [2.45, 2.75) is 24.6 Å². The molecule has 102 valence electrons. The Balaban J connectivity index is 2.06.